The summed E-state index contributed by atoms with van der Waals surface area (Å²) in [4.78, 5) is 2.90. The summed E-state index contributed by atoms with van der Waals surface area (Å²) in [6, 6.07) is 0.948. The molecule has 2 atom stereocenters. The number of likely N-dealkylation sites (tertiary alicyclic amines) is 1. The van der Waals surface area contributed by atoms with E-state index < -0.39 is 0 Å². The number of nitrogens with zero attached hydrogens (tertiary/aromatic N) is 1. The standard InChI is InChI=1S/C16H28BrN/c17-12-16(9-3-4-10-16)13-18-11-5-7-14-6-1-2-8-15(14)18/h14-15H,1-13H2/t14-,15-/m1/s1. The van der Waals surface area contributed by atoms with Crippen LogP contribution in [-0.2, 0) is 0 Å². The van der Waals surface area contributed by atoms with Gasteiger partial charge in [-0.2, -0.15) is 0 Å². The minimum Gasteiger partial charge on any atom is -0.300 e. The van der Waals surface area contributed by atoms with Crippen LogP contribution in [0.2, 0.25) is 0 Å². The molecular weight excluding hydrogens is 286 g/mol. The first-order chi connectivity index (χ1) is 8.83. The largest absolute Gasteiger partial charge is 0.300 e. The Balaban J connectivity index is 1.66. The molecule has 0 aromatic heterocycles. The van der Waals surface area contributed by atoms with E-state index in [0.29, 0.717) is 5.41 Å². The van der Waals surface area contributed by atoms with Crippen molar-refractivity contribution in [3.05, 3.63) is 0 Å². The molecule has 0 amide bonds. The smallest absolute Gasteiger partial charge is 0.0124 e. The molecule has 1 heterocycles. The van der Waals surface area contributed by atoms with E-state index in [1.54, 1.807) is 0 Å². The number of halogens is 1. The van der Waals surface area contributed by atoms with E-state index in [0.717, 1.165) is 12.0 Å². The summed E-state index contributed by atoms with van der Waals surface area (Å²) in [6.45, 7) is 2.77. The molecule has 2 heteroatoms. The van der Waals surface area contributed by atoms with Crippen molar-refractivity contribution in [3.63, 3.8) is 0 Å². The third-order valence-corrected chi connectivity index (χ3v) is 7.03. The minimum atomic E-state index is 0.624. The van der Waals surface area contributed by atoms with Gasteiger partial charge in [-0.1, -0.05) is 41.6 Å². The maximum absolute atomic E-state index is 3.82. The zero-order chi connectivity index (χ0) is 12.4. The summed E-state index contributed by atoms with van der Waals surface area (Å²) in [5.41, 5.74) is 0.624. The normalized spacial score (nSPS) is 36.5. The number of hydrogen-bond acceptors (Lipinski definition) is 1. The van der Waals surface area contributed by atoms with E-state index in [9.17, 15) is 0 Å². The molecule has 0 N–H and O–H groups in total. The zero-order valence-electron chi connectivity index (χ0n) is 11.7. The van der Waals surface area contributed by atoms with Crippen LogP contribution in [0.4, 0.5) is 0 Å². The third-order valence-electron chi connectivity index (χ3n) is 5.84. The van der Waals surface area contributed by atoms with Gasteiger partial charge < -0.3 is 0 Å². The lowest BCUT2D eigenvalue weighted by Crippen LogP contribution is -2.50. The number of piperidine rings is 1. The van der Waals surface area contributed by atoms with Gasteiger partial charge in [0.05, 0.1) is 0 Å². The van der Waals surface area contributed by atoms with Crippen LogP contribution in [0.3, 0.4) is 0 Å². The molecule has 3 aliphatic rings. The number of rotatable bonds is 3. The molecule has 18 heavy (non-hydrogen) atoms. The lowest BCUT2D eigenvalue weighted by atomic mass is 9.77. The van der Waals surface area contributed by atoms with Gasteiger partial charge in [-0.25, -0.2) is 0 Å². The van der Waals surface area contributed by atoms with Gasteiger partial charge in [0.15, 0.2) is 0 Å². The summed E-state index contributed by atoms with van der Waals surface area (Å²) < 4.78 is 0. The molecule has 0 bridgehead atoms. The molecule has 2 aliphatic carbocycles. The Labute approximate surface area is 121 Å². The predicted molar refractivity (Wildman–Crippen MR) is 81.2 cm³/mol. The molecule has 0 spiro atoms. The molecule has 0 unspecified atom stereocenters. The predicted octanol–water partition coefficient (Wildman–Crippen LogP) is 4.60. The van der Waals surface area contributed by atoms with Crippen molar-refractivity contribution in [1.29, 1.82) is 0 Å². The maximum atomic E-state index is 3.82. The Morgan fingerprint density at radius 3 is 2.44 bits per heavy atom. The molecule has 1 nitrogen and oxygen atoms in total. The summed E-state index contributed by atoms with van der Waals surface area (Å²) >= 11 is 3.82. The van der Waals surface area contributed by atoms with E-state index in [1.165, 1.54) is 82.6 Å². The topological polar surface area (TPSA) is 3.24 Å². The lowest BCUT2D eigenvalue weighted by Gasteiger charge is -2.47. The van der Waals surface area contributed by atoms with Crippen molar-refractivity contribution in [2.24, 2.45) is 11.3 Å². The minimum absolute atomic E-state index is 0.624. The van der Waals surface area contributed by atoms with Crippen LogP contribution in [0.5, 0.6) is 0 Å². The molecule has 0 radical (unpaired) electrons. The fourth-order valence-electron chi connectivity index (χ4n) is 4.81. The van der Waals surface area contributed by atoms with Gasteiger partial charge >= 0.3 is 0 Å². The SMILES string of the molecule is BrCC1(CN2CCC[C@H]3CCCC[C@H]32)CCCC1. The molecule has 0 aromatic rings. The molecule has 2 saturated carbocycles. The van der Waals surface area contributed by atoms with Crippen LogP contribution in [0.15, 0.2) is 0 Å². The van der Waals surface area contributed by atoms with Gasteiger partial charge in [0.25, 0.3) is 0 Å². The van der Waals surface area contributed by atoms with E-state index >= 15 is 0 Å². The van der Waals surface area contributed by atoms with Crippen LogP contribution in [0, 0.1) is 11.3 Å². The average Bonchev–Trinajstić information content (AvgIpc) is 2.88. The average molecular weight is 314 g/mol. The monoisotopic (exact) mass is 313 g/mol. The number of alkyl halides is 1. The van der Waals surface area contributed by atoms with Gasteiger partial charge in [-0.3, -0.25) is 4.90 Å². The number of hydrogen-bond donors (Lipinski definition) is 0. The van der Waals surface area contributed by atoms with Crippen LogP contribution in [0.25, 0.3) is 0 Å². The fourth-order valence-corrected chi connectivity index (χ4v) is 5.55. The van der Waals surface area contributed by atoms with E-state index in [2.05, 4.69) is 20.8 Å². The molecule has 1 saturated heterocycles. The van der Waals surface area contributed by atoms with Crippen molar-refractivity contribution in [1.82, 2.24) is 4.90 Å². The first-order valence-corrected chi connectivity index (χ1v) is 9.25. The van der Waals surface area contributed by atoms with Crippen LogP contribution in [-0.4, -0.2) is 29.4 Å². The third kappa shape index (κ3) is 2.65. The van der Waals surface area contributed by atoms with E-state index in [-0.39, 0.29) is 0 Å². The molecule has 0 aromatic carbocycles. The molecule has 1 aliphatic heterocycles. The first-order valence-electron chi connectivity index (χ1n) is 8.13. The second-order valence-electron chi connectivity index (χ2n) is 7.07. The van der Waals surface area contributed by atoms with Crippen molar-refractivity contribution in [2.75, 3.05) is 18.4 Å². The fraction of sp³-hybridized carbons (Fsp3) is 1.00. The van der Waals surface area contributed by atoms with Gasteiger partial charge in [-0.15, -0.1) is 0 Å². The molecule has 3 fully saturated rings. The molecular formula is C16H28BrN. The summed E-state index contributed by atoms with van der Waals surface area (Å²) in [5.74, 6) is 1.04. The van der Waals surface area contributed by atoms with Crippen molar-refractivity contribution in [3.8, 4) is 0 Å². The Bertz CT molecular complexity index is 270. The van der Waals surface area contributed by atoms with Crippen LogP contribution < -0.4 is 0 Å². The van der Waals surface area contributed by atoms with Crippen molar-refractivity contribution >= 4 is 15.9 Å². The maximum Gasteiger partial charge on any atom is 0.0124 e. The van der Waals surface area contributed by atoms with Crippen molar-refractivity contribution < 1.29 is 0 Å². The summed E-state index contributed by atoms with van der Waals surface area (Å²) in [5, 5.41) is 1.23. The Hall–Kier alpha value is 0.440. The molecule has 104 valence electrons. The second kappa shape index (κ2) is 5.83. The first kappa shape index (κ1) is 13.4. The highest BCUT2D eigenvalue weighted by atomic mass is 79.9. The lowest BCUT2D eigenvalue weighted by molar-refractivity contribution is 0.0307. The van der Waals surface area contributed by atoms with E-state index in [1.807, 2.05) is 0 Å². The molecule has 3 rings (SSSR count). The summed E-state index contributed by atoms with van der Waals surface area (Å²) in [7, 11) is 0. The van der Waals surface area contributed by atoms with Gasteiger partial charge in [0.2, 0.25) is 0 Å². The van der Waals surface area contributed by atoms with E-state index in [4.69, 9.17) is 0 Å². The quantitative estimate of drug-likeness (QED) is 0.688. The van der Waals surface area contributed by atoms with Gasteiger partial charge in [-0.05, 0) is 56.4 Å². The Morgan fingerprint density at radius 2 is 1.67 bits per heavy atom. The summed E-state index contributed by atoms with van der Waals surface area (Å²) in [6.07, 6.45) is 14.8. The Kier molecular flexibility index (Phi) is 4.35. The highest BCUT2D eigenvalue weighted by molar-refractivity contribution is 9.09. The van der Waals surface area contributed by atoms with Crippen LogP contribution >= 0.6 is 15.9 Å². The second-order valence-corrected chi connectivity index (χ2v) is 7.63. The Morgan fingerprint density at radius 1 is 0.944 bits per heavy atom. The number of fused-ring (bicyclic) bond motifs is 1. The highest BCUT2D eigenvalue weighted by Gasteiger charge is 2.39. The zero-order valence-corrected chi connectivity index (χ0v) is 13.3. The van der Waals surface area contributed by atoms with Crippen molar-refractivity contribution in [2.45, 2.75) is 70.3 Å². The van der Waals surface area contributed by atoms with Crippen LogP contribution in [0.1, 0.15) is 64.2 Å². The van der Waals surface area contributed by atoms with Gasteiger partial charge in [0, 0.05) is 17.9 Å². The highest BCUT2D eigenvalue weighted by Crippen LogP contribution is 2.43. The van der Waals surface area contributed by atoms with Gasteiger partial charge in [0.1, 0.15) is 0 Å².